The van der Waals surface area contributed by atoms with Crippen LogP contribution in [0.5, 0.6) is 0 Å². The van der Waals surface area contributed by atoms with Crippen molar-refractivity contribution in [3.63, 3.8) is 0 Å². The minimum atomic E-state index is -0.151. The van der Waals surface area contributed by atoms with E-state index in [0.29, 0.717) is 13.2 Å². The van der Waals surface area contributed by atoms with Crippen molar-refractivity contribution in [1.29, 1.82) is 0 Å². The van der Waals surface area contributed by atoms with Crippen LogP contribution in [-0.4, -0.2) is 0 Å². The van der Waals surface area contributed by atoms with Gasteiger partial charge in [-0.1, -0.05) is 133 Å². The number of rotatable bonds is 10. The van der Waals surface area contributed by atoms with Gasteiger partial charge in [0.1, 0.15) is 10.9 Å². The third kappa shape index (κ3) is 6.56. The normalized spacial score (nSPS) is 12.9. The van der Waals surface area contributed by atoms with Crippen molar-refractivity contribution >= 4 is 11.8 Å². The lowest BCUT2D eigenvalue weighted by molar-refractivity contribution is 0.0787. The zero-order valence-electron chi connectivity index (χ0n) is 17.3. The summed E-state index contributed by atoms with van der Waals surface area (Å²) < 4.78 is 12.8. The number of thioether (sulfide) groups is 1. The Morgan fingerprint density at radius 1 is 0.452 bits per heavy atom. The molecule has 2 nitrogen and oxygen atoms in total. The fourth-order valence-corrected chi connectivity index (χ4v) is 4.40. The predicted octanol–water partition coefficient (Wildman–Crippen LogP) is 7.55. The number of hydrogen-bond acceptors (Lipinski definition) is 3. The van der Waals surface area contributed by atoms with Crippen molar-refractivity contribution in [3.8, 4) is 0 Å². The largest absolute Gasteiger partial charge is 0.358 e. The molecule has 0 fully saturated rings. The summed E-state index contributed by atoms with van der Waals surface area (Å²) in [6.07, 6.45) is 0. The Labute approximate surface area is 188 Å². The average Bonchev–Trinajstić information content (AvgIpc) is 2.86. The molecule has 0 heterocycles. The van der Waals surface area contributed by atoms with E-state index in [4.69, 9.17) is 9.47 Å². The van der Waals surface area contributed by atoms with Crippen molar-refractivity contribution in [2.24, 2.45) is 0 Å². The van der Waals surface area contributed by atoms with Crippen molar-refractivity contribution in [1.82, 2.24) is 0 Å². The van der Waals surface area contributed by atoms with Gasteiger partial charge in [0.2, 0.25) is 0 Å². The second-order valence-corrected chi connectivity index (χ2v) is 8.34. The van der Waals surface area contributed by atoms with Crippen LogP contribution in [0.1, 0.15) is 33.1 Å². The van der Waals surface area contributed by atoms with Gasteiger partial charge in [0.25, 0.3) is 0 Å². The molecule has 0 aliphatic carbocycles. The SMILES string of the molecule is c1ccc(COC(SC(OCc2ccccc2)c2ccccc2)c2ccccc2)cc1. The first-order valence-corrected chi connectivity index (χ1v) is 11.4. The third-order valence-electron chi connectivity index (χ3n) is 4.88. The van der Waals surface area contributed by atoms with Crippen LogP contribution in [0.3, 0.4) is 0 Å². The molecule has 0 aliphatic rings. The second kappa shape index (κ2) is 11.5. The Morgan fingerprint density at radius 2 is 0.774 bits per heavy atom. The molecule has 31 heavy (non-hydrogen) atoms. The Bertz CT molecular complexity index is 923. The van der Waals surface area contributed by atoms with Gasteiger partial charge in [-0.25, -0.2) is 0 Å². The summed E-state index contributed by atoms with van der Waals surface area (Å²) in [6.45, 7) is 1.10. The quantitative estimate of drug-likeness (QED) is 0.244. The van der Waals surface area contributed by atoms with E-state index in [1.165, 1.54) is 0 Å². The van der Waals surface area contributed by atoms with Crippen LogP contribution in [0.2, 0.25) is 0 Å². The van der Waals surface area contributed by atoms with Crippen molar-refractivity contribution in [2.75, 3.05) is 0 Å². The van der Waals surface area contributed by atoms with Crippen molar-refractivity contribution in [2.45, 2.75) is 24.1 Å². The van der Waals surface area contributed by atoms with Gasteiger partial charge in [0.15, 0.2) is 0 Å². The molecule has 0 bridgehead atoms. The Kier molecular flexibility index (Phi) is 7.94. The van der Waals surface area contributed by atoms with Gasteiger partial charge in [-0.15, -0.1) is 0 Å². The van der Waals surface area contributed by atoms with E-state index >= 15 is 0 Å². The maximum atomic E-state index is 6.40. The minimum absolute atomic E-state index is 0.151. The summed E-state index contributed by atoms with van der Waals surface area (Å²) in [7, 11) is 0. The molecule has 0 radical (unpaired) electrons. The Balaban J connectivity index is 1.53. The number of ether oxygens (including phenoxy) is 2. The van der Waals surface area contributed by atoms with Crippen LogP contribution in [0.4, 0.5) is 0 Å². The number of benzene rings is 4. The molecule has 156 valence electrons. The van der Waals surface area contributed by atoms with Crippen molar-refractivity contribution < 1.29 is 9.47 Å². The smallest absolute Gasteiger partial charge is 0.131 e. The molecule has 0 amide bonds. The molecule has 0 saturated heterocycles. The minimum Gasteiger partial charge on any atom is -0.358 e. The fraction of sp³-hybridized carbons (Fsp3) is 0.143. The highest BCUT2D eigenvalue weighted by atomic mass is 32.2. The first-order valence-electron chi connectivity index (χ1n) is 10.4. The van der Waals surface area contributed by atoms with Gasteiger partial charge in [0, 0.05) is 0 Å². The van der Waals surface area contributed by atoms with Crippen LogP contribution >= 0.6 is 11.8 Å². The molecule has 0 saturated carbocycles. The van der Waals surface area contributed by atoms with Gasteiger partial charge in [-0.05, 0) is 22.3 Å². The summed E-state index contributed by atoms with van der Waals surface area (Å²) in [6, 6.07) is 41.3. The van der Waals surface area contributed by atoms with Gasteiger partial charge in [-0.2, -0.15) is 0 Å². The van der Waals surface area contributed by atoms with Gasteiger partial charge < -0.3 is 9.47 Å². The van der Waals surface area contributed by atoms with Gasteiger partial charge in [0.05, 0.1) is 13.2 Å². The zero-order valence-corrected chi connectivity index (χ0v) is 18.2. The molecule has 3 heteroatoms. The monoisotopic (exact) mass is 426 g/mol. The van der Waals surface area contributed by atoms with Crippen LogP contribution in [-0.2, 0) is 22.7 Å². The van der Waals surface area contributed by atoms with E-state index in [0.717, 1.165) is 22.3 Å². The molecule has 0 aromatic heterocycles. The molecular weight excluding hydrogens is 400 g/mol. The topological polar surface area (TPSA) is 18.5 Å². The van der Waals surface area contributed by atoms with Crippen LogP contribution in [0.15, 0.2) is 121 Å². The van der Waals surface area contributed by atoms with E-state index in [9.17, 15) is 0 Å². The van der Waals surface area contributed by atoms with Gasteiger partial charge >= 0.3 is 0 Å². The highest BCUT2D eigenvalue weighted by molar-refractivity contribution is 7.99. The van der Waals surface area contributed by atoms with Crippen LogP contribution < -0.4 is 0 Å². The third-order valence-corrected chi connectivity index (χ3v) is 6.19. The first kappa shape index (κ1) is 21.4. The highest BCUT2D eigenvalue weighted by Gasteiger charge is 2.22. The highest BCUT2D eigenvalue weighted by Crippen LogP contribution is 2.42. The Hall–Kier alpha value is -2.85. The van der Waals surface area contributed by atoms with Gasteiger partial charge in [-0.3, -0.25) is 0 Å². The van der Waals surface area contributed by atoms with E-state index in [1.807, 2.05) is 48.5 Å². The lowest BCUT2D eigenvalue weighted by Gasteiger charge is -2.25. The number of hydrogen-bond donors (Lipinski definition) is 0. The zero-order chi connectivity index (χ0) is 21.1. The van der Waals surface area contributed by atoms with Crippen LogP contribution in [0, 0.1) is 0 Å². The average molecular weight is 427 g/mol. The molecule has 4 aromatic carbocycles. The lowest BCUT2D eigenvalue weighted by Crippen LogP contribution is -2.08. The molecular formula is C28H26O2S. The second-order valence-electron chi connectivity index (χ2n) is 7.21. The van der Waals surface area contributed by atoms with E-state index in [2.05, 4.69) is 72.8 Å². The summed E-state index contributed by atoms with van der Waals surface area (Å²) in [5.41, 5.74) is 4.28. The molecule has 4 rings (SSSR count). The summed E-state index contributed by atoms with van der Waals surface area (Å²) in [5, 5.41) is 0. The van der Waals surface area contributed by atoms with E-state index in [-0.39, 0.29) is 10.9 Å². The summed E-state index contributed by atoms with van der Waals surface area (Å²) in [4.78, 5) is 0. The molecule has 0 aliphatic heterocycles. The molecule has 4 aromatic rings. The summed E-state index contributed by atoms with van der Waals surface area (Å²) in [5.74, 6) is 0. The van der Waals surface area contributed by atoms with E-state index < -0.39 is 0 Å². The first-order chi connectivity index (χ1) is 15.4. The maximum absolute atomic E-state index is 6.40. The predicted molar refractivity (Wildman–Crippen MR) is 128 cm³/mol. The molecule has 2 unspecified atom stereocenters. The maximum Gasteiger partial charge on any atom is 0.131 e. The molecule has 0 N–H and O–H groups in total. The van der Waals surface area contributed by atoms with Crippen molar-refractivity contribution in [3.05, 3.63) is 144 Å². The Morgan fingerprint density at radius 3 is 1.13 bits per heavy atom. The standard InChI is InChI=1S/C28H26O2S/c1-5-13-23(14-6-1)21-29-27(25-17-9-3-10-18-25)31-28(26-19-11-4-12-20-26)30-22-24-15-7-2-8-16-24/h1-20,27-28H,21-22H2. The summed E-state index contributed by atoms with van der Waals surface area (Å²) >= 11 is 1.69. The van der Waals surface area contributed by atoms with Crippen LogP contribution in [0.25, 0.3) is 0 Å². The van der Waals surface area contributed by atoms with E-state index in [1.54, 1.807) is 11.8 Å². The lowest BCUT2D eigenvalue weighted by atomic mass is 10.2. The molecule has 2 atom stereocenters. The fourth-order valence-electron chi connectivity index (χ4n) is 3.25. The molecule has 0 spiro atoms.